The Hall–Kier alpha value is -1.82. The molecule has 6 heteroatoms. The first-order valence-corrected chi connectivity index (χ1v) is 5.31. The lowest BCUT2D eigenvalue weighted by Gasteiger charge is -2.36. The molecular weight excluding hydrogens is 224 g/mol. The summed E-state index contributed by atoms with van der Waals surface area (Å²) in [6.07, 6.45) is 1.56. The van der Waals surface area contributed by atoms with E-state index >= 15 is 0 Å². The van der Waals surface area contributed by atoms with Gasteiger partial charge in [0.05, 0.1) is 19.4 Å². The molecule has 1 aliphatic heterocycles. The molecule has 0 radical (unpaired) electrons. The first-order valence-electron chi connectivity index (χ1n) is 5.31. The monoisotopic (exact) mass is 238 g/mol. The van der Waals surface area contributed by atoms with Gasteiger partial charge in [0.2, 0.25) is 5.91 Å². The maximum atomic E-state index is 11.6. The van der Waals surface area contributed by atoms with Crippen LogP contribution < -0.4 is 0 Å². The first kappa shape index (κ1) is 11.7. The number of rotatable bonds is 3. The highest BCUT2D eigenvalue weighted by atomic mass is 16.4. The van der Waals surface area contributed by atoms with Gasteiger partial charge in [0.25, 0.3) is 0 Å². The van der Waals surface area contributed by atoms with E-state index in [-0.39, 0.29) is 12.5 Å². The average Bonchev–Trinajstić information content (AvgIpc) is 2.75. The molecule has 0 aliphatic carbocycles. The molecule has 1 unspecified atom stereocenters. The van der Waals surface area contributed by atoms with Crippen molar-refractivity contribution in [2.75, 3.05) is 20.1 Å². The molecule has 0 spiro atoms. The third-order valence-electron chi connectivity index (χ3n) is 2.90. The van der Waals surface area contributed by atoms with Gasteiger partial charge in [-0.25, -0.2) is 4.79 Å². The fourth-order valence-corrected chi connectivity index (χ4v) is 1.90. The minimum atomic E-state index is -0.981. The van der Waals surface area contributed by atoms with Crippen molar-refractivity contribution >= 4 is 11.9 Å². The van der Waals surface area contributed by atoms with Gasteiger partial charge in [-0.05, 0) is 12.1 Å². The zero-order valence-corrected chi connectivity index (χ0v) is 9.50. The van der Waals surface area contributed by atoms with Crippen LogP contribution in [-0.2, 0) is 16.1 Å². The number of furan rings is 1. The number of carboxylic acids is 1. The summed E-state index contributed by atoms with van der Waals surface area (Å²) in [4.78, 5) is 25.7. The average molecular weight is 238 g/mol. The number of nitrogens with zero attached hydrogens (tertiary/aromatic N) is 2. The lowest BCUT2D eigenvalue weighted by Crippen LogP contribution is -2.57. The molecule has 0 bridgehead atoms. The number of hydrogen-bond acceptors (Lipinski definition) is 4. The second-order valence-electron chi connectivity index (χ2n) is 4.11. The van der Waals surface area contributed by atoms with Crippen LogP contribution in [0.25, 0.3) is 0 Å². The molecule has 1 aliphatic rings. The minimum absolute atomic E-state index is 0.185. The van der Waals surface area contributed by atoms with E-state index in [1.54, 1.807) is 23.3 Å². The van der Waals surface area contributed by atoms with Gasteiger partial charge in [-0.3, -0.25) is 9.69 Å². The van der Waals surface area contributed by atoms with E-state index in [0.29, 0.717) is 13.1 Å². The minimum Gasteiger partial charge on any atom is -0.480 e. The van der Waals surface area contributed by atoms with E-state index in [0.717, 1.165) is 5.76 Å². The zero-order valence-electron chi connectivity index (χ0n) is 9.50. The van der Waals surface area contributed by atoms with Gasteiger partial charge in [-0.2, -0.15) is 0 Å². The quantitative estimate of drug-likeness (QED) is 0.802. The number of likely N-dealkylation sites (N-methyl/N-ethyl adjacent to an activating group) is 1. The number of aliphatic carboxylic acids is 1. The van der Waals surface area contributed by atoms with E-state index in [1.807, 2.05) is 0 Å². The third-order valence-corrected chi connectivity index (χ3v) is 2.90. The fraction of sp³-hybridized carbons (Fsp3) is 0.455. The number of carbonyl (C=O) groups excluding carboxylic acids is 1. The molecule has 2 heterocycles. The summed E-state index contributed by atoms with van der Waals surface area (Å²) in [5.74, 6) is -0.438. The van der Waals surface area contributed by atoms with Crippen LogP contribution in [0.3, 0.4) is 0 Å². The summed E-state index contributed by atoms with van der Waals surface area (Å²) >= 11 is 0. The fourth-order valence-electron chi connectivity index (χ4n) is 1.90. The molecule has 1 aromatic rings. The molecule has 1 atom stereocenters. The second-order valence-corrected chi connectivity index (χ2v) is 4.11. The largest absolute Gasteiger partial charge is 0.480 e. The van der Waals surface area contributed by atoms with Crippen molar-refractivity contribution in [3.63, 3.8) is 0 Å². The van der Waals surface area contributed by atoms with Crippen LogP contribution >= 0.6 is 0 Å². The number of amides is 1. The van der Waals surface area contributed by atoms with Gasteiger partial charge in [0.15, 0.2) is 0 Å². The van der Waals surface area contributed by atoms with Crippen LogP contribution in [-0.4, -0.2) is 53.0 Å². The molecular formula is C11H14N2O4. The number of piperazine rings is 1. The van der Waals surface area contributed by atoms with E-state index in [2.05, 4.69) is 0 Å². The highest BCUT2D eigenvalue weighted by molar-refractivity contribution is 5.86. The van der Waals surface area contributed by atoms with Crippen molar-refractivity contribution in [3.8, 4) is 0 Å². The number of carbonyl (C=O) groups is 2. The van der Waals surface area contributed by atoms with E-state index in [9.17, 15) is 9.59 Å². The molecule has 0 saturated carbocycles. The van der Waals surface area contributed by atoms with E-state index in [4.69, 9.17) is 9.52 Å². The van der Waals surface area contributed by atoms with Gasteiger partial charge in [0, 0.05) is 13.6 Å². The summed E-state index contributed by atoms with van der Waals surface area (Å²) in [6.45, 7) is 0.996. The molecule has 0 aromatic carbocycles. The number of carboxylic acid groups (broad SMARTS) is 1. The van der Waals surface area contributed by atoms with Crippen molar-refractivity contribution < 1.29 is 19.1 Å². The van der Waals surface area contributed by atoms with Crippen LogP contribution in [0.5, 0.6) is 0 Å². The standard InChI is InChI=1S/C11H14N2O4/c1-12-9(11(15)16)6-13(7-10(12)14)5-8-3-2-4-17-8/h2-4,9H,5-7H2,1H3,(H,15,16). The topological polar surface area (TPSA) is 74.0 Å². The molecule has 17 heavy (non-hydrogen) atoms. The summed E-state index contributed by atoms with van der Waals surface area (Å²) < 4.78 is 5.18. The Balaban J connectivity index is 2.05. The van der Waals surface area contributed by atoms with Crippen molar-refractivity contribution in [2.45, 2.75) is 12.6 Å². The second kappa shape index (κ2) is 4.58. The Bertz CT molecular complexity index is 415. The lowest BCUT2D eigenvalue weighted by atomic mass is 10.1. The summed E-state index contributed by atoms with van der Waals surface area (Å²) in [5, 5.41) is 9.03. The van der Waals surface area contributed by atoms with E-state index in [1.165, 1.54) is 11.9 Å². The molecule has 1 aromatic heterocycles. The normalized spacial score (nSPS) is 21.8. The maximum Gasteiger partial charge on any atom is 0.327 e. The van der Waals surface area contributed by atoms with Gasteiger partial charge in [-0.15, -0.1) is 0 Å². The molecule has 92 valence electrons. The summed E-state index contributed by atoms with van der Waals surface area (Å²) in [6, 6.07) is 2.78. The molecule has 2 rings (SSSR count). The third kappa shape index (κ3) is 2.47. The van der Waals surface area contributed by atoms with Gasteiger partial charge in [-0.1, -0.05) is 0 Å². The summed E-state index contributed by atoms with van der Waals surface area (Å²) in [5.41, 5.74) is 0. The predicted molar refractivity (Wildman–Crippen MR) is 58.2 cm³/mol. The lowest BCUT2D eigenvalue weighted by molar-refractivity contribution is -0.154. The Kier molecular flexibility index (Phi) is 3.14. The molecule has 1 amide bonds. The van der Waals surface area contributed by atoms with Crippen LogP contribution in [0.1, 0.15) is 5.76 Å². The molecule has 1 fully saturated rings. The Morgan fingerprint density at radius 2 is 2.41 bits per heavy atom. The van der Waals surface area contributed by atoms with Gasteiger partial charge >= 0.3 is 5.97 Å². The highest BCUT2D eigenvalue weighted by Crippen LogP contribution is 2.13. The first-order chi connectivity index (χ1) is 8.08. The zero-order chi connectivity index (χ0) is 12.4. The van der Waals surface area contributed by atoms with Crippen LogP contribution in [0.2, 0.25) is 0 Å². The molecule has 1 N–H and O–H groups in total. The molecule has 1 saturated heterocycles. The van der Waals surface area contributed by atoms with Crippen molar-refractivity contribution in [2.24, 2.45) is 0 Å². The Morgan fingerprint density at radius 1 is 1.65 bits per heavy atom. The summed E-state index contributed by atoms with van der Waals surface area (Å²) in [7, 11) is 1.52. The highest BCUT2D eigenvalue weighted by Gasteiger charge is 2.34. The smallest absolute Gasteiger partial charge is 0.327 e. The molecule has 6 nitrogen and oxygen atoms in total. The predicted octanol–water partition coefficient (Wildman–Crippen LogP) is 0.00680. The van der Waals surface area contributed by atoms with Gasteiger partial charge < -0.3 is 14.4 Å². The maximum absolute atomic E-state index is 11.6. The SMILES string of the molecule is CN1C(=O)CN(Cc2ccco2)CC1C(=O)O. The Morgan fingerprint density at radius 3 is 3.00 bits per heavy atom. The van der Waals surface area contributed by atoms with Crippen molar-refractivity contribution in [3.05, 3.63) is 24.2 Å². The van der Waals surface area contributed by atoms with Gasteiger partial charge in [0.1, 0.15) is 11.8 Å². The van der Waals surface area contributed by atoms with Crippen LogP contribution in [0.4, 0.5) is 0 Å². The van der Waals surface area contributed by atoms with Crippen molar-refractivity contribution in [1.29, 1.82) is 0 Å². The van der Waals surface area contributed by atoms with Crippen molar-refractivity contribution in [1.82, 2.24) is 9.80 Å². The van der Waals surface area contributed by atoms with Crippen LogP contribution in [0.15, 0.2) is 22.8 Å². The Labute approximate surface area is 98.4 Å². The number of hydrogen-bond donors (Lipinski definition) is 1. The van der Waals surface area contributed by atoms with E-state index < -0.39 is 12.0 Å². The van der Waals surface area contributed by atoms with Crippen LogP contribution in [0, 0.1) is 0 Å².